The first-order valence-electron chi connectivity index (χ1n) is 11.9. The quantitative estimate of drug-likeness (QED) is 0.429. The maximum atomic E-state index is 13.5. The number of carbonyl (C=O) groups is 2. The van der Waals surface area contributed by atoms with Crippen molar-refractivity contribution < 1.29 is 18.0 Å². The molecule has 0 saturated carbocycles. The third-order valence-electron chi connectivity index (χ3n) is 6.48. The van der Waals surface area contributed by atoms with Gasteiger partial charge in [0.15, 0.2) is 5.78 Å². The Morgan fingerprint density at radius 1 is 0.972 bits per heavy atom. The molecular weight excluding hydrogens is 496 g/mol. The zero-order valence-electron chi connectivity index (χ0n) is 20.5. The average molecular weight is 525 g/mol. The Bertz CT molecular complexity index is 1400. The molecule has 0 aliphatic carbocycles. The number of nitrogens with one attached hydrogen (secondary N) is 1. The normalized spacial score (nSPS) is 16.5. The molecule has 1 atom stereocenters. The highest BCUT2D eigenvalue weighted by Crippen LogP contribution is 2.30. The number of aryl methyl sites for hydroxylation is 3. The number of anilines is 1. The molecule has 36 heavy (non-hydrogen) atoms. The molecule has 0 bridgehead atoms. The van der Waals surface area contributed by atoms with Crippen LogP contribution in [-0.2, 0) is 14.8 Å². The van der Waals surface area contributed by atoms with Gasteiger partial charge in [-0.2, -0.15) is 4.31 Å². The molecule has 1 fully saturated rings. The van der Waals surface area contributed by atoms with E-state index in [1.54, 1.807) is 50.2 Å². The highest BCUT2D eigenvalue weighted by atomic mass is 35.5. The summed E-state index contributed by atoms with van der Waals surface area (Å²) in [6, 6.07) is 17.2. The van der Waals surface area contributed by atoms with E-state index in [4.69, 9.17) is 11.6 Å². The zero-order chi connectivity index (χ0) is 26.0. The second-order valence-electron chi connectivity index (χ2n) is 9.30. The molecule has 4 rings (SSSR count). The molecule has 8 heteroatoms. The van der Waals surface area contributed by atoms with E-state index in [0.29, 0.717) is 51.7 Å². The SMILES string of the molecule is Cc1cc(C)c(S(=O)(=O)N2CCC[C@@H](C(=O)Nc3ccc(Cl)cc3C(=O)c3ccccc3)C2)c(C)c1. The number of ketones is 1. The van der Waals surface area contributed by atoms with Gasteiger partial charge < -0.3 is 5.32 Å². The summed E-state index contributed by atoms with van der Waals surface area (Å²) in [6.07, 6.45) is 1.12. The van der Waals surface area contributed by atoms with Gasteiger partial charge in [0, 0.05) is 29.2 Å². The minimum absolute atomic E-state index is 0.0798. The molecule has 1 N–H and O–H groups in total. The fraction of sp³-hybridized carbons (Fsp3) is 0.286. The monoisotopic (exact) mass is 524 g/mol. The second kappa shape index (κ2) is 10.5. The summed E-state index contributed by atoms with van der Waals surface area (Å²) in [6.45, 7) is 5.97. The molecule has 1 heterocycles. The Morgan fingerprint density at radius 3 is 2.31 bits per heavy atom. The van der Waals surface area contributed by atoms with Crippen LogP contribution in [0, 0.1) is 26.7 Å². The van der Waals surface area contributed by atoms with Crippen molar-refractivity contribution in [3.63, 3.8) is 0 Å². The first-order chi connectivity index (χ1) is 17.1. The van der Waals surface area contributed by atoms with Crippen LogP contribution in [0.15, 0.2) is 65.6 Å². The lowest BCUT2D eigenvalue weighted by atomic mass is 9.97. The van der Waals surface area contributed by atoms with Crippen LogP contribution in [0.1, 0.15) is 45.5 Å². The van der Waals surface area contributed by atoms with Crippen molar-refractivity contribution in [3.05, 3.63) is 93.5 Å². The molecule has 1 aliphatic heterocycles. The minimum atomic E-state index is -3.76. The van der Waals surface area contributed by atoms with Crippen LogP contribution in [0.25, 0.3) is 0 Å². The molecule has 0 radical (unpaired) electrons. The number of carbonyl (C=O) groups excluding carboxylic acids is 2. The molecule has 0 unspecified atom stereocenters. The van der Waals surface area contributed by atoms with E-state index in [1.165, 1.54) is 10.4 Å². The molecule has 188 valence electrons. The molecule has 3 aromatic carbocycles. The molecule has 1 saturated heterocycles. The lowest BCUT2D eigenvalue weighted by Gasteiger charge is -2.32. The fourth-order valence-corrected chi connectivity index (χ4v) is 6.98. The number of hydrogen-bond acceptors (Lipinski definition) is 4. The summed E-state index contributed by atoms with van der Waals surface area (Å²) >= 11 is 6.16. The van der Waals surface area contributed by atoms with Crippen LogP contribution in [0.3, 0.4) is 0 Å². The molecule has 0 aromatic heterocycles. The van der Waals surface area contributed by atoms with Gasteiger partial charge in [-0.25, -0.2) is 8.42 Å². The summed E-state index contributed by atoms with van der Waals surface area (Å²) in [5, 5.41) is 3.24. The van der Waals surface area contributed by atoms with E-state index < -0.39 is 15.9 Å². The third-order valence-corrected chi connectivity index (χ3v) is 8.88. The molecule has 1 aliphatic rings. The zero-order valence-corrected chi connectivity index (χ0v) is 22.1. The number of piperidine rings is 1. The standard InChI is InChI=1S/C28H29ClN2O4S/c1-18-14-19(2)27(20(3)15-18)36(34,35)31-13-7-10-22(17-31)28(33)30-25-12-11-23(29)16-24(25)26(32)21-8-5-4-6-9-21/h4-6,8-9,11-12,14-16,22H,7,10,13,17H2,1-3H3,(H,30,33)/t22-/m1/s1. The van der Waals surface area contributed by atoms with E-state index in [1.807, 2.05) is 25.1 Å². The van der Waals surface area contributed by atoms with Crippen molar-refractivity contribution in [3.8, 4) is 0 Å². The van der Waals surface area contributed by atoms with E-state index in [9.17, 15) is 18.0 Å². The van der Waals surface area contributed by atoms with Gasteiger partial charge in [-0.1, -0.05) is 59.6 Å². The Labute approximate surface area is 217 Å². The fourth-order valence-electron chi connectivity index (χ4n) is 4.87. The number of rotatable bonds is 6. The molecular formula is C28H29ClN2O4S. The molecule has 3 aromatic rings. The highest BCUT2D eigenvalue weighted by Gasteiger charge is 2.35. The first kappa shape index (κ1) is 26.1. The summed E-state index contributed by atoms with van der Waals surface area (Å²) in [5.41, 5.74) is 3.52. The van der Waals surface area contributed by atoms with Crippen LogP contribution in [0.4, 0.5) is 5.69 Å². The number of hydrogen-bond donors (Lipinski definition) is 1. The topological polar surface area (TPSA) is 83.6 Å². The lowest BCUT2D eigenvalue weighted by molar-refractivity contribution is -0.120. The van der Waals surface area contributed by atoms with E-state index >= 15 is 0 Å². The Balaban J connectivity index is 1.56. The van der Waals surface area contributed by atoms with Gasteiger partial charge in [-0.05, 0) is 62.9 Å². The number of benzene rings is 3. The van der Waals surface area contributed by atoms with E-state index in [2.05, 4.69) is 5.32 Å². The van der Waals surface area contributed by atoms with Crippen molar-refractivity contribution in [1.82, 2.24) is 4.31 Å². The van der Waals surface area contributed by atoms with Crippen LogP contribution in [0.2, 0.25) is 5.02 Å². The Hall–Kier alpha value is -3.00. The Kier molecular flexibility index (Phi) is 7.64. The van der Waals surface area contributed by atoms with Crippen LogP contribution < -0.4 is 5.32 Å². The summed E-state index contributed by atoms with van der Waals surface area (Å²) in [5.74, 6) is -1.13. The predicted octanol–water partition coefficient (Wildman–Crippen LogP) is 5.54. The average Bonchev–Trinajstić information content (AvgIpc) is 2.84. The van der Waals surface area contributed by atoms with E-state index in [0.717, 1.165) is 5.56 Å². The highest BCUT2D eigenvalue weighted by molar-refractivity contribution is 7.89. The smallest absolute Gasteiger partial charge is 0.243 e. The Morgan fingerprint density at radius 2 is 1.64 bits per heavy atom. The number of halogens is 1. The first-order valence-corrected chi connectivity index (χ1v) is 13.7. The van der Waals surface area contributed by atoms with Crippen molar-refractivity contribution in [2.75, 3.05) is 18.4 Å². The third kappa shape index (κ3) is 5.38. The maximum absolute atomic E-state index is 13.5. The van der Waals surface area contributed by atoms with Gasteiger partial charge >= 0.3 is 0 Å². The van der Waals surface area contributed by atoms with Crippen molar-refractivity contribution in [2.24, 2.45) is 5.92 Å². The number of nitrogens with zero attached hydrogens (tertiary/aromatic N) is 1. The van der Waals surface area contributed by atoms with Crippen LogP contribution in [0.5, 0.6) is 0 Å². The van der Waals surface area contributed by atoms with Crippen LogP contribution in [-0.4, -0.2) is 37.5 Å². The largest absolute Gasteiger partial charge is 0.325 e. The summed E-state index contributed by atoms with van der Waals surface area (Å²) in [7, 11) is -3.76. The van der Waals surface area contributed by atoms with Gasteiger partial charge in [-0.15, -0.1) is 0 Å². The summed E-state index contributed by atoms with van der Waals surface area (Å²) < 4.78 is 28.5. The number of amides is 1. The second-order valence-corrected chi connectivity index (χ2v) is 11.6. The van der Waals surface area contributed by atoms with Gasteiger partial charge in [0.1, 0.15) is 0 Å². The van der Waals surface area contributed by atoms with E-state index in [-0.39, 0.29) is 23.8 Å². The van der Waals surface area contributed by atoms with Crippen molar-refractivity contribution in [2.45, 2.75) is 38.5 Å². The lowest BCUT2D eigenvalue weighted by Crippen LogP contribution is -2.44. The van der Waals surface area contributed by atoms with Gasteiger partial charge in [-0.3, -0.25) is 9.59 Å². The van der Waals surface area contributed by atoms with Crippen molar-refractivity contribution >= 4 is 39.0 Å². The summed E-state index contributed by atoms with van der Waals surface area (Å²) in [4.78, 5) is 26.7. The predicted molar refractivity (Wildman–Crippen MR) is 142 cm³/mol. The number of sulfonamides is 1. The van der Waals surface area contributed by atoms with Gasteiger partial charge in [0.25, 0.3) is 0 Å². The molecule has 1 amide bonds. The van der Waals surface area contributed by atoms with Crippen molar-refractivity contribution in [1.29, 1.82) is 0 Å². The molecule has 0 spiro atoms. The maximum Gasteiger partial charge on any atom is 0.243 e. The van der Waals surface area contributed by atoms with Gasteiger partial charge in [0.2, 0.25) is 15.9 Å². The minimum Gasteiger partial charge on any atom is -0.325 e. The van der Waals surface area contributed by atoms with Gasteiger partial charge in [0.05, 0.1) is 16.5 Å². The van der Waals surface area contributed by atoms with Crippen LogP contribution >= 0.6 is 11.6 Å². The molecule has 6 nitrogen and oxygen atoms in total.